The van der Waals surface area contributed by atoms with Crippen LogP contribution in [0.25, 0.3) is 0 Å². The number of anilines is 1. The Bertz CT molecular complexity index is 806. The first-order valence-corrected chi connectivity index (χ1v) is 11.0. The van der Waals surface area contributed by atoms with Crippen molar-refractivity contribution in [2.75, 3.05) is 32.0 Å². The Labute approximate surface area is 181 Å². The molecule has 0 bridgehead atoms. The summed E-state index contributed by atoms with van der Waals surface area (Å²) < 4.78 is 0. The van der Waals surface area contributed by atoms with Crippen molar-refractivity contribution in [1.29, 1.82) is 0 Å². The minimum atomic E-state index is -0.333. The molecule has 4 heterocycles. The minimum absolute atomic E-state index is 0.0552. The van der Waals surface area contributed by atoms with Crippen LogP contribution in [-0.4, -0.2) is 72.6 Å². The maximum absolute atomic E-state index is 13.2. The van der Waals surface area contributed by atoms with Crippen molar-refractivity contribution in [3.8, 4) is 0 Å². The van der Waals surface area contributed by atoms with E-state index in [-0.39, 0.29) is 42.0 Å². The number of hydrogen-bond acceptors (Lipinski definition) is 9. The summed E-state index contributed by atoms with van der Waals surface area (Å²) in [6.45, 7) is 1.91. The molecule has 168 valence electrons. The molecule has 5 rings (SSSR count). The number of benzene rings is 1. The molecule has 4 aliphatic rings. The smallest absolute Gasteiger partial charge is 0.245 e. The Balaban J connectivity index is 1.18. The molecule has 31 heavy (non-hydrogen) atoms. The molecule has 11 heteroatoms. The molecule has 0 saturated carbocycles. The van der Waals surface area contributed by atoms with E-state index in [9.17, 15) is 9.59 Å². The van der Waals surface area contributed by atoms with Gasteiger partial charge in [-0.3, -0.25) is 15.0 Å². The average Bonchev–Trinajstić information content (AvgIpc) is 3.55. The Morgan fingerprint density at radius 2 is 1.94 bits per heavy atom. The van der Waals surface area contributed by atoms with E-state index >= 15 is 0 Å². The van der Waals surface area contributed by atoms with Crippen molar-refractivity contribution < 1.29 is 9.59 Å². The number of nitrogens with one attached hydrogen (secondary N) is 7. The number of hydrazine groups is 4. The van der Waals surface area contributed by atoms with E-state index < -0.39 is 0 Å². The largest absolute Gasteiger partial charge is 0.373 e. The van der Waals surface area contributed by atoms with Gasteiger partial charge in [0.25, 0.3) is 0 Å². The van der Waals surface area contributed by atoms with Crippen molar-refractivity contribution in [2.24, 2.45) is 5.92 Å². The van der Waals surface area contributed by atoms with E-state index in [4.69, 9.17) is 0 Å². The molecule has 1 aromatic rings. The third-order valence-electron chi connectivity index (χ3n) is 6.84. The predicted octanol–water partition coefficient (Wildman–Crippen LogP) is -1.99. The first-order valence-electron chi connectivity index (χ1n) is 11.0. The van der Waals surface area contributed by atoms with Crippen molar-refractivity contribution >= 4 is 17.5 Å². The van der Waals surface area contributed by atoms with Gasteiger partial charge in [0, 0.05) is 50.7 Å². The lowest BCUT2D eigenvalue weighted by atomic mass is 9.87. The maximum atomic E-state index is 13.2. The van der Waals surface area contributed by atoms with Crippen LogP contribution in [0.4, 0.5) is 5.69 Å². The SMILES string of the molecule is CN(CCC1NNNN1)C(=O)C1NNC2CCN(C(=O)C3Cc4ccccc4N3)CC21. The monoisotopic (exact) mass is 429 g/mol. The van der Waals surface area contributed by atoms with Crippen LogP contribution < -0.4 is 38.1 Å². The third-order valence-corrected chi connectivity index (χ3v) is 6.84. The van der Waals surface area contributed by atoms with Gasteiger partial charge in [-0.2, -0.15) is 11.1 Å². The molecular formula is C20H31N9O2. The highest BCUT2D eigenvalue weighted by molar-refractivity contribution is 5.88. The van der Waals surface area contributed by atoms with E-state index in [1.807, 2.05) is 30.1 Å². The second-order valence-corrected chi connectivity index (χ2v) is 8.81. The van der Waals surface area contributed by atoms with Crippen LogP contribution in [-0.2, 0) is 16.0 Å². The van der Waals surface area contributed by atoms with Gasteiger partial charge in [-0.25, -0.2) is 16.3 Å². The van der Waals surface area contributed by atoms with Gasteiger partial charge < -0.3 is 15.1 Å². The molecule has 2 amide bonds. The zero-order chi connectivity index (χ0) is 21.4. The maximum Gasteiger partial charge on any atom is 0.245 e. The normalized spacial score (nSPS) is 30.0. The zero-order valence-electron chi connectivity index (χ0n) is 17.6. The first kappa shape index (κ1) is 20.6. The van der Waals surface area contributed by atoms with Crippen LogP contribution in [0, 0.1) is 5.92 Å². The quantitative estimate of drug-likeness (QED) is 0.285. The van der Waals surface area contributed by atoms with Crippen LogP contribution in [0.5, 0.6) is 0 Å². The molecule has 1 aromatic carbocycles. The molecule has 11 nitrogen and oxygen atoms in total. The third kappa shape index (κ3) is 4.12. The second-order valence-electron chi connectivity index (χ2n) is 8.81. The Kier molecular flexibility index (Phi) is 5.78. The number of para-hydroxylation sites is 1. The molecule has 3 fully saturated rings. The van der Waals surface area contributed by atoms with Gasteiger partial charge in [-0.05, 0) is 24.5 Å². The van der Waals surface area contributed by atoms with Gasteiger partial charge in [0.2, 0.25) is 11.8 Å². The van der Waals surface area contributed by atoms with Crippen molar-refractivity contribution in [2.45, 2.75) is 43.6 Å². The van der Waals surface area contributed by atoms with Crippen LogP contribution in [0.1, 0.15) is 18.4 Å². The summed E-state index contributed by atoms with van der Waals surface area (Å²) in [6, 6.07) is 7.73. The molecular weight excluding hydrogens is 398 g/mol. The number of piperidine rings is 1. The molecule has 3 saturated heterocycles. The van der Waals surface area contributed by atoms with Gasteiger partial charge in [-0.15, -0.1) is 0 Å². The Morgan fingerprint density at radius 3 is 2.74 bits per heavy atom. The van der Waals surface area contributed by atoms with E-state index in [1.165, 1.54) is 5.56 Å². The number of rotatable bonds is 5. The van der Waals surface area contributed by atoms with E-state index in [0.29, 0.717) is 26.1 Å². The number of likely N-dealkylation sites (N-methyl/N-ethyl adjacent to an activating group) is 1. The van der Waals surface area contributed by atoms with Crippen molar-refractivity contribution in [3.05, 3.63) is 29.8 Å². The highest BCUT2D eigenvalue weighted by Gasteiger charge is 2.46. The first-order chi connectivity index (χ1) is 15.1. The topological polar surface area (TPSA) is 125 Å². The highest BCUT2D eigenvalue weighted by Crippen LogP contribution is 2.29. The van der Waals surface area contributed by atoms with Gasteiger partial charge in [0.15, 0.2) is 0 Å². The standard InChI is InChI=1S/C20H31N9O2/c1-28(8-7-17-23-26-27-24-17)20(31)18-13-11-29(9-6-15(13)22-25-18)19(30)16-10-12-4-2-3-5-14(12)21-16/h2-5,13,15-18,21-27H,6-11H2,1H3. The summed E-state index contributed by atoms with van der Waals surface area (Å²) in [4.78, 5) is 30.0. The molecule has 4 atom stereocenters. The molecule has 0 radical (unpaired) electrons. The van der Waals surface area contributed by atoms with Crippen LogP contribution >= 0.6 is 0 Å². The summed E-state index contributed by atoms with van der Waals surface area (Å²) in [5.41, 5.74) is 20.3. The predicted molar refractivity (Wildman–Crippen MR) is 115 cm³/mol. The number of likely N-dealkylation sites (tertiary alicyclic amines) is 1. The lowest BCUT2D eigenvalue weighted by molar-refractivity contribution is -0.137. The number of carbonyl (C=O) groups excluding carboxylic acids is 2. The summed E-state index contributed by atoms with van der Waals surface area (Å²) in [6.07, 6.45) is 2.37. The average molecular weight is 430 g/mol. The van der Waals surface area contributed by atoms with Gasteiger partial charge in [-0.1, -0.05) is 18.2 Å². The van der Waals surface area contributed by atoms with Crippen molar-refractivity contribution in [3.63, 3.8) is 0 Å². The Hall–Kier alpha value is -2.28. The van der Waals surface area contributed by atoms with Crippen LogP contribution in [0.3, 0.4) is 0 Å². The number of amides is 2. The van der Waals surface area contributed by atoms with Crippen LogP contribution in [0.15, 0.2) is 24.3 Å². The lowest BCUT2D eigenvalue weighted by Gasteiger charge is -2.37. The number of nitrogens with zero attached hydrogens (tertiary/aromatic N) is 2. The molecule has 0 aliphatic carbocycles. The molecule has 7 N–H and O–H groups in total. The number of hydrogen-bond donors (Lipinski definition) is 7. The van der Waals surface area contributed by atoms with Gasteiger partial charge in [0.05, 0.1) is 6.17 Å². The summed E-state index contributed by atoms with van der Waals surface area (Å²) >= 11 is 0. The number of fused-ring (bicyclic) bond motifs is 2. The van der Waals surface area contributed by atoms with Crippen molar-refractivity contribution in [1.82, 2.24) is 42.6 Å². The summed E-state index contributed by atoms with van der Waals surface area (Å²) in [5.74, 6) is 0.238. The van der Waals surface area contributed by atoms with E-state index in [0.717, 1.165) is 18.5 Å². The lowest BCUT2D eigenvalue weighted by Crippen LogP contribution is -2.54. The molecule has 4 aliphatic heterocycles. The Morgan fingerprint density at radius 1 is 1.13 bits per heavy atom. The van der Waals surface area contributed by atoms with Gasteiger partial charge >= 0.3 is 0 Å². The molecule has 4 unspecified atom stereocenters. The minimum Gasteiger partial charge on any atom is -0.373 e. The fourth-order valence-electron chi connectivity index (χ4n) is 5.01. The van der Waals surface area contributed by atoms with E-state index in [2.05, 4.69) is 44.2 Å². The number of carbonyl (C=O) groups is 2. The fraction of sp³-hybridized carbons (Fsp3) is 0.600. The van der Waals surface area contributed by atoms with E-state index in [1.54, 1.807) is 4.90 Å². The van der Waals surface area contributed by atoms with Gasteiger partial charge in [0.1, 0.15) is 12.1 Å². The highest BCUT2D eigenvalue weighted by atomic mass is 16.2. The molecule has 0 aromatic heterocycles. The zero-order valence-corrected chi connectivity index (χ0v) is 17.6. The summed E-state index contributed by atoms with van der Waals surface area (Å²) in [7, 11) is 1.83. The molecule has 0 spiro atoms. The summed E-state index contributed by atoms with van der Waals surface area (Å²) in [5, 5.41) is 3.37. The second kappa shape index (κ2) is 8.69. The fourth-order valence-corrected chi connectivity index (χ4v) is 5.01. The van der Waals surface area contributed by atoms with Crippen LogP contribution in [0.2, 0.25) is 0 Å².